The van der Waals surface area contributed by atoms with Crippen molar-refractivity contribution in [2.24, 2.45) is 0 Å². The third kappa shape index (κ3) is 2.39. The zero-order valence-electron chi connectivity index (χ0n) is 8.35. The van der Waals surface area contributed by atoms with Crippen LogP contribution in [0.3, 0.4) is 0 Å². The highest BCUT2D eigenvalue weighted by molar-refractivity contribution is 9.10. The van der Waals surface area contributed by atoms with Gasteiger partial charge in [0.05, 0.1) is 0 Å². The molecular weight excluding hydrogens is 290 g/mol. The Hall–Kier alpha value is -2.02. The summed E-state index contributed by atoms with van der Waals surface area (Å²) in [6, 6.07) is 3.40. The third-order valence-corrected chi connectivity index (χ3v) is 2.47. The van der Waals surface area contributed by atoms with Crippen LogP contribution in [0.25, 0.3) is 11.5 Å². The van der Waals surface area contributed by atoms with Crippen LogP contribution in [0, 0.1) is 0 Å². The number of nitrogens with one attached hydrogen (secondary N) is 1. The molecule has 0 amide bonds. The summed E-state index contributed by atoms with van der Waals surface area (Å²) in [5.74, 6) is -1.08. The normalized spacial score (nSPS) is 10.2. The van der Waals surface area contributed by atoms with Gasteiger partial charge in [0.15, 0.2) is 5.82 Å². The molecule has 0 aliphatic carbocycles. The monoisotopic (exact) mass is 295 g/mol. The maximum absolute atomic E-state index is 11.4. The Morgan fingerprint density at radius 1 is 1.29 bits per heavy atom. The van der Waals surface area contributed by atoms with Crippen LogP contribution < -0.4 is 5.56 Å². The van der Waals surface area contributed by atoms with Crippen molar-refractivity contribution in [3.63, 3.8) is 0 Å². The topological polar surface area (TPSA) is 95.9 Å². The van der Waals surface area contributed by atoms with E-state index in [-0.39, 0.29) is 5.82 Å². The number of aromatic nitrogens is 3. The second-order valence-electron chi connectivity index (χ2n) is 3.14. The second kappa shape index (κ2) is 4.46. The van der Waals surface area contributed by atoms with E-state index in [2.05, 4.69) is 30.9 Å². The first kappa shape index (κ1) is 11.5. The summed E-state index contributed by atoms with van der Waals surface area (Å²) < 4.78 is 0.797. The molecule has 17 heavy (non-hydrogen) atoms. The first-order valence-corrected chi connectivity index (χ1v) is 5.32. The number of aromatic carboxylic acids is 1. The molecule has 2 aromatic rings. The zero-order chi connectivity index (χ0) is 12.4. The van der Waals surface area contributed by atoms with E-state index in [9.17, 15) is 9.59 Å². The van der Waals surface area contributed by atoms with E-state index >= 15 is 0 Å². The molecule has 0 aliphatic rings. The van der Waals surface area contributed by atoms with Crippen molar-refractivity contribution in [3.8, 4) is 11.5 Å². The summed E-state index contributed by atoms with van der Waals surface area (Å²) in [7, 11) is 0. The highest BCUT2D eigenvalue weighted by atomic mass is 79.9. The lowest BCUT2D eigenvalue weighted by Crippen LogP contribution is -2.18. The summed E-state index contributed by atoms with van der Waals surface area (Å²) in [4.78, 5) is 32.3. The number of rotatable bonds is 2. The first-order valence-electron chi connectivity index (χ1n) is 4.52. The molecule has 0 aromatic carbocycles. The van der Waals surface area contributed by atoms with E-state index in [0.29, 0.717) is 5.69 Å². The van der Waals surface area contributed by atoms with Crippen molar-refractivity contribution in [1.82, 2.24) is 15.0 Å². The zero-order valence-corrected chi connectivity index (χ0v) is 9.93. The molecular formula is C10H6BrN3O3. The van der Waals surface area contributed by atoms with Gasteiger partial charge < -0.3 is 10.1 Å². The number of pyridine rings is 1. The van der Waals surface area contributed by atoms with Gasteiger partial charge in [-0.2, -0.15) is 0 Å². The number of hydrogen-bond acceptors (Lipinski definition) is 4. The van der Waals surface area contributed by atoms with Crippen LogP contribution in [0.1, 0.15) is 10.4 Å². The number of carboxylic acid groups (broad SMARTS) is 1. The summed E-state index contributed by atoms with van der Waals surface area (Å²) in [6.07, 6.45) is 2.57. The lowest BCUT2D eigenvalue weighted by Gasteiger charge is -2.00. The lowest BCUT2D eigenvalue weighted by molar-refractivity contribution is 0.0694. The van der Waals surface area contributed by atoms with Gasteiger partial charge in [0.25, 0.3) is 5.56 Å². The van der Waals surface area contributed by atoms with Crippen molar-refractivity contribution in [2.75, 3.05) is 0 Å². The number of aromatic amines is 1. The Kier molecular flexibility index (Phi) is 3.01. The molecule has 0 saturated heterocycles. The lowest BCUT2D eigenvalue weighted by atomic mass is 10.3. The molecule has 0 fully saturated rings. The molecule has 0 atom stereocenters. The predicted octanol–water partition coefficient (Wildman–Crippen LogP) is 1.29. The van der Waals surface area contributed by atoms with Crippen molar-refractivity contribution in [3.05, 3.63) is 44.9 Å². The SMILES string of the molecule is O=C(O)c1cnc(-c2ccc(Br)cn2)[nH]c1=O. The first-order chi connectivity index (χ1) is 8.08. The van der Waals surface area contributed by atoms with Crippen LogP contribution in [0.2, 0.25) is 0 Å². The maximum atomic E-state index is 11.4. The van der Waals surface area contributed by atoms with Crippen molar-refractivity contribution in [2.45, 2.75) is 0 Å². The third-order valence-electron chi connectivity index (χ3n) is 2.00. The average Bonchev–Trinajstić information content (AvgIpc) is 2.29. The number of halogens is 1. The summed E-state index contributed by atoms with van der Waals surface area (Å²) >= 11 is 3.23. The molecule has 0 unspecified atom stereocenters. The minimum atomic E-state index is -1.31. The van der Waals surface area contributed by atoms with Crippen LogP contribution in [-0.4, -0.2) is 26.0 Å². The average molecular weight is 296 g/mol. The van der Waals surface area contributed by atoms with E-state index in [1.54, 1.807) is 18.3 Å². The number of nitrogens with zero attached hydrogens (tertiary/aromatic N) is 2. The summed E-state index contributed by atoms with van der Waals surface area (Å²) in [6.45, 7) is 0. The smallest absolute Gasteiger partial charge is 0.342 e. The van der Waals surface area contributed by atoms with E-state index in [1.807, 2.05) is 0 Å². The molecule has 0 bridgehead atoms. The van der Waals surface area contributed by atoms with Gasteiger partial charge in [0, 0.05) is 16.9 Å². The fourth-order valence-electron chi connectivity index (χ4n) is 1.19. The molecule has 86 valence electrons. The van der Waals surface area contributed by atoms with Gasteiger partial charge in [-0.15, -0.1) is 0 Å². The Bertz CT molecular complexity index is 621. The largest absolute Gasteiger partial charge is 0.477 e. The highest BCUT2D eigenvalue weighted by Gasteiger charge is 2.10. The van der Waals surface area contributed by atoms with Gasteiger partial charge in [0.2, 0.25) is 0 Å². The Morgan fingerprint density at radius 2 is 2.06 bits per heavy atom. The van der Waals surface area contributed by atoms with Crippen molar-refractivity contribution >= 4 is 21.9 Å². The highest BCUT2D eigenvalue weighted by Crippen LogP contribution is 2.13. The second-order valence-corrected chi connectivity index (χ2v) is 4.06. The standard InChI is InChI=1S/C10H6BrN3O3/c11-5-1-2-7(12-3-5)8-13-4-6(10(16)17)9(15)14-8/h1-4H,(H,16,17)(H,13,14,15). The predicted molar refractivity (Wildman–Crippen MR) is 62.7 cm³/mol. The Labute approximate surface area is 103 Å². The molecule has 0 spiro atoms. The molecule has 7 heteroatoms. The van der Waals surface area contributed by atoms with Crippen LogP contribution in [0.15, 0.2) is 33.8 Å². The van der Waals surface area contributed by atoms with Crippen LogP contribution in [0.4, 0.5) is 0 Å². The molecule has 2 rings (SSSR count). The van der Waals surface area contributed by atoms with E-state index in [1.165, 1.54) is 0 Å². The number of H-pyrrole nitrogens is 1. The molecule has 6 nitrogen and oxygen atoms in total. The quantitative estimate of drug-likeness (QED) is 0.870. The van der Waals surface area contributed by atoms with Crippen LogP contribution in [0.5, 0.6) is 0 Å². The Morgan fingerprint density at radius 3 is 2.59 bits per heavy atom. The molecule has 2 N–H and O–H groups in total. The Balaban J connectivity index is 2.48. The fraction of sp³-hybridized carbons (Fsp3) is 0. The maximum Gasteiger partial charge on any atom is 0.342 e. The van der Waals surface area contributed by atoms with Gasteiger partial charge in [-0.3, -0.25) is 9.78 Å². The van der Waals surface area contributed by atoms with E-state index in [0.717, 1.165) is 10.7 Å². The van der Waals surface area contributed by atoms with Gasteiger partial charge in [-0.05, 0) is 28.1 Å². The summed E-state index contributed by atoms with van der Waals surface area (Å²) in [5, 5.41) is 8.68. The minimum Gasteiger partial charge on any atom is -0.477 e. The van der Waals surface area contributed by atoms with Gasteiger partial charge in [-0.1, -0.05) is 0 Å². The van der Waals surface area contributed by atoms with E-state index < -0.39 is 17.1 Å². The van der Waals surface area contributed by atoms with Gasteiger partial charge in [-0.25, -0.2) is 9.78 Å². The summed E-state index contributed by atoms with van der Waals surface area (Å²) in [5.41, 5.74) is -0.639. The van der Waals surface area contributed by atoms with Gasteiger partial charge >= 0.3 is 5.97 Å². The molecule has 0 saturated carbocycles. The van der Waals surface area contributed by atoms with Crippen LogP contribution in [-0.2, 0) is 0 Å². The van der Waals surface area contributed by atoms with E-state index in [4.69, 9.17) is 5.11 Å². The van der Waals surface area contributed by atoms with Crippen LogP contribution >= 0.6 is 15.9 Å². The number of hydrogen-bond donors (Lipinski definition) is 2. The fourth-order valence-corrected chi connectivity index (χ4v) is 1.43. The molecule has 0 aliphatic heterocycles. The van der Waals surface area contributed by atoms with Crippen molar-refractivity contribution < 1.29 is 9.90 Å². The van der Waals surface area contributed by atoms with Crippen molar-refractivity contribution in [1.29, 1.82) is 0 Å². The molecule has 2 aromatic heterocycles. The minimum absolute atomic E-state index is 0.229. The number of carboxylic acids is 1. The molecule has 0 radical (unpaired) electrons. The van der Waals surface area contributed by atoms with Gasteiger partial charge in [0.1, 0.15) is 11.3 Å². The molecule has 2 heterocycles. The number of carbonyl (C=O) groups is 1.